The minimum Gasteiger partial charge on any atom is -0.459 e. The van der Waals surface area contributed by atoms with E-state index >= 15 is 0 Å². The van der Waals surface area contributed by atoms with Gasteiger partial charge in [-0.15, -0.1) is 10.2 Å². The Morgan fingerprint density at radius 2 is 1.92 bits per heavy atom. The van der Waals surface area contributed by atoms with E-state index in [1.807, 2.05) is 38.1 Å². The van der Waals surface area contributed by atoms with Crippen LogP contribution in [0.3, 0.4) is 0 Å². The third-order valence-corrected chi connectivity index (χ3v) is 4.37. The third-order valence-electron chi connectivity index (χ3n) is 4.37. The molecular weight excluding hydrogens is 330 g/mol. The van der Waals surface area contributed by atoms with E-state index in [-0.39, 0.29) is 11.9 Å². The van der Waals surface area contributed by atoms with Crippen molar-refractivity contribution in [3.8, 4) is 11.4 Å². The largest absolute Gasteiger partial charge is 0.459 e. The number of fused-ring (bicyclic) bond motifs is 1. The topological polar surface area (TPSA) is 96.7 Å². The zero-order valence-corrected chi connectivity index (χ0v) is 14.4. The molecule has 7 nitrogen and oxygen atoms in total. The van der Waals surface area contributed by atoms with Gasteiger partial charge in [0.2, 0.25) is 5.82 Å². The molecule has 0 unspecified atom stereocenters. The summed E-state index contributed by atoms with van der Waals surface area (Å²) in [5, 5.41) is 17.8. The molecule has 0 saturated carbocycles. The Balaban J connectivity index is 1.52. The number of furan rings is 1. The van der Waals surface area contributed by atoms with Crippen LogP contribution in [0.1, 0.15) is 34.6 Å². The van der Waals surface area contributed by atoms with Crippen molar-refractivity contribution >= 4 is 16.9 Å². The van der Waals surface area contributed by atoms with Crippen molar-refractivity contribution in [1.29, 1.82) is 0 Å². The molecule has 0 aliphatic heterocycles. The van der Waals surface area contributed by atoms with Gasteiger partial charge in [0.25, 0.3) is 5.91 Å². The summed E-state index contributed by atoms with van der Waals surface area (Å²) in [5.74, 6) is 1.09. The Morgan fingerprint density at radius 1 is 1.15 bits per heavy atom. The van der Waals surface area contributed by atoms with Gasteiger partial charge in [-0.1, -0.05) is 30.3 Å². The van der Waals surface area contributed by atoms with Crippen molar-refractivity contribution in [2.45, 2.75) is 19.9 Å². The summed E-state index contributed by atoms with van der Waals surface area (Å²) in [6.07, 6.45) is 0. The van der Waals surface area contributed by atoms with Crippen LogP contribution in [0, 0.1) is 6.92 Å². The fourth-order valence-electron chi connectivity index (χ4n) is 3.01. The number of H-pyrrole nitrogens is 1. The smallest absolute Gasteiger partial charge is 0.251 e. The summed E-state index contributed by atoms with van der Waals surface area (Å²) in [7, 11) is 0. The molecule has 0 fully saturated rings. The normalized spacial score (nSPS) is 12.2. The van der Waals surface area contributed by atoms with Gasteiger partial charge in [0.1, 0.15) is 11.3 Å². The maximum absolute atomic E-state index is 12.6. The van der Waals surface area contributed by atoms with Gasteiger partial charge in [0, 0.05) is 22.1 Å². The second kappa shape index (κ2) is 6.44. The molecule has 26 heavy (non-hydrogen) atoms. The molecule has 1 atom stereocenters. The lowest BCUT2D eigenvalue weighted by Gasteiger charge is -2.12. The number of carbonyl (C=O) groups is 1. The van der Waals surface area contributed by atoms with Gasteiger partial charge in [-0.3, -0.25) is 4.79 Å². The Labute approximate surface area is 149 Å². The maximum atomic E-state index is 12.6. The third kappa shape index (κ3) is 2.83. The summed E-state index contributed by atoms with van der Waals surface area (Å²) < 4.78 is 5.92. The van der Waals surface area contributed by atoms with Crippen molar-refractivity contribution in [2.24, 2.45) is 0 Å². The van der Waals surface area contributed by atoms with Crippen molar-refractivity contribution in [3.05, 3.63) is 65.4 Å². The highest BCUT2D eigenvalue weighted by Crippen LogP contribution is 2.29. The van der Waals surface area contributed by atoms with Crippen LogP contribution in [0.4, 0.5) is 0 Å². The standard InChI is InChI=1S/C19H17N5O2/c1-11-15-5-3-4-6-16(15)26-17(11)12(2)20-19(25)14-9-7-13(8-10-14)18-21-23-24-22-18/h3-10,12H,1-2H3,(H,20,25)(H,21,22,23,24)/t12-/m1/s1. The van der Waals surface area contributed by atoms with E-state index in [4.69, 9.17) is 4.42 Å². The van der Waals surface area contributed by atoms with Crippen LogP contribution >= 0.6 is 0 Å². The van der Waals surface area contributed by atoms with Gasteiger partial charge in [-0.25, -0.2) is 0 Å². The number of carbonyl (C=O) groups excluding carboxylic acids is 1. The number of nitrogens with zero attached hydrogens (tertiary/aromatic N) is 3. The van der Waals surface area contributed by atoms with Gasteiger partial charge >= 0.3 is 0 Å². The minimum absolute atomic E-state index is 0.169. The first kappa shape index (κ1) is 16.0. The lowest BCUT2D eigenvalue weighted by atomic mass is 10.1. The molecule has 7 heteroatoms. The van der Waals surface area contributed by atoms with E-state index in [2.05, 4.69) is 25.9 Å². The number of rotatable bonds is 4. The van der Waals surface area contributed by atoms with Crippen LogP contribution in [0.15, 0.2) is 52.9 Å². The Hall–Kier alpha value is -3.48. The number of aromatic nitrogens is 4. The average molecular weight is 347 g/mol. The van der Waals surface area contributed by atoms with Gasteiger partial charge in [-0.2, -0.15) is 5.21 Å². The monoisotopic (exact) mass is 347 g/mol. The fourth-order valence-corrected chi connectivity index (χ4v) is 3.01. The van der Waals surface area contributed by atoms with Crippen LogP contribution in [0.2, 0.25) is 0 Å². The molecule has 0 aliphatic carbocycles. The molecule has 2 N–H and O–H groups in total. The lowest BCUT2D eigenvalue weighted by Crippen LogP contribution is -2.26. The number of hydrogen-bond acceptors (Lipinski definition) is 5. The number of tetrazole rings is 1. The van der Waals surface area contributed by atoms with Crippen molar-refractivity contribution in [3.63, 3.8) is 0 Å². The first-order valence-corrected chi connectivity index (χ1v) is 8.26. The van der Waals surface area contributed by atoms with Crippen LogP contribution in [0.25, 0.3) is 22.4 Å². The van der Waals surface area contributed by atoms with Gasteiger partial charge < -0.3 is 9.73 Å². The SMILES string of the molecule is Cc1c([C@@H](C)NC(=O)c2ccc(-c3nn[nH]n3)cc2)oc2ccccc12. The second-order valence-electron chi connectivity index (χ2n) is 6.10. The van der Waals surface area contributed by atoms with E-state index in [0.717, 1.165) is 27.9 Å². The van der Waals surface area contributed by atoms with E-state index in [0.29, 0.717) is 11.4 Å². The lowest BCUT2D eigenvalue weighted by molar-refractivity contribution is 0.0935. The van der Waals surface area contributed by atoms with Crippen molar-refractivity contribution in [2.75, 3.05) is 0 Å². The molecule has 130 valence electrons. The quantitative estimate of drug-likeness (QED) is 0.590. The van der Waals surface area contributed by atoms with E-state index in [1.54, 1.807) is 24.3 Å². The van der Waals surface area contributed by atoms with Crippen molar-refractivity contribution < 1.29 is 9.21 Å². The first-order chi connectivity index (χ1) is 12.6. The molecule has 2 aromatic carbocycles. The Kier molecular flexibility index (Phi) is 3.96. The molecule has 0 radical (unpaired) electrons. The number of benzene rings is 2. The molecular formula is C19H17N5O2. The summed E-state index contributed by atoms with van der Waals surface area (Å²) in [6.45, 7) is 3.92. The highest BCUT2D eigenvalue weighted by atomic mass is 16.3. The van der Waals surface area contributed by atoms with Crippen LogP contribution in [0.5, 0.6) is 0 Å². The molecule has 0 bridgehead atoms. The highest BCUT2D eigenvalue weighted by Gasteiger charge is 2.19. The van der Waals surface area contributed by atoms with E-state index in [9.17, 15) is 4.79 Å². The van der Waals surface area contributed by atoms with E-state index in [1.165, 1.54) is 0 Å². The predicted molar refractivity (Wildman–Crippen MR) is 96.4 cm³/mol. The average Bonchev–Trinajstić information content (AvgIpc) is 3.31. The summed E-state index contributed by atoms with van der Waals surface area (Å²) in [6, 6.07) is 14.7. The van der Waals surface area contributed by atoms with Crippen LogP contribution < -0.4 is 5.32 Å². The highest BCUT2D eigenvalue weighted by molar-refractivity contribution is 5.95. The molecule has 0 aliphatic rings. The molecule has 2 heterocycles. The number of aryl methyl sites for hydroxylation is 1. The number of para-hydroxylation sites is 1. The summed E-state index contributed by atoms with van der Waals surface area (Å²) in [5.41, 5.74) is 3.21. The molecule has 2 aromatic heterocycles. The van der Waals surface area contributed by atoms with Gasteiger partial charge in [-0.05, 0) is 37.3 Å². The van der Waals surface area contributed by atoms with E-state index < -0.39 is 0 Å². The molecule has 4 rings (SSSR count). The zero-order valence-electron chi connectivity index (χ0n) is 14.4. The van der Waals surface area contributed by atoms with Crippen LogP contribution in [-0.2, 0) is 0 Å². The molecule has 0 spiro atoms. The maximum Gasteiger partial charge on any atom is 0.251 e. The van der Waals surface area contributed by atoms with Crippen molar-refractivity contribution in [1.82, 2.24) is 25.9 Å². The number of amides is 1. The Morgan fingerprint density at radius 3 is 2.62 bits per heavy atom. The number of hydrogen-bond donors (Lipinski definition) is 2. The minimum atomic E-state index is -0.244. The number of aromatic amines is 1. The molecule has 4 aromatic rings. The summed E-state index contributed by atoms with van der Waals surface area (Å²) in [4.78, 5) is 12.6. The molecule has 1 amide bonds. The Bertz CT molecular complexity index is 1050. The zero-order chi connectivity index (χ0) is 18.1. The fraction of sp³-hybridized carbons (Fsp3) is 0.158. The first-order valence-electron chi connectivity index (χ1n) is 8.26. The predicted octanol–water partition coefficient (Wildman–Crippen LogP) is 3.41. The van der Waals surface area contributed by atoms with Gasteiger partial charge in [0.15, 0.2) is 0 Å². The van der Waals surface area contributed by atoms with Crippen LogP contribution in [-0.4, -0.2) is 26.5 Å². The number of nitrogens with one attached hydrogen (secondary N) is 2. The summed E-state index contributed by atoms with van der Waals surface area (Å²) >= 11 is 0. The molecule has 0 saturated heterocycles. The second-order valence-corrected chi connectivity index (χ2v) is 6.10. The van der Waals surface area contributed by atoms with Gasteiger partial charge in [0.05, 0.1) is 6.04 Å².